The van der Waals surface area contributed by atoms with E-state index >= 15 is 0 Å². The quantitative estimate of drug-likeness (QED) is 0.414. The van der Waals surface area contributed by atoms with Crippen LogP contribution in [0.1, 0.15) is 44.0 Å². The fourth-order valence-corrected chi connectivity index (χ4v) is 4.18. The molecule has 0 saturated carbocycles. The van der Waals surface area contributed by atoms with E-state index in [4.69, 9.17) is 9.47 Å². The van der Waals surface area contributed by atoms with E-state index in [9.17, 15) is 14.4 Å². The van der Waals surface area contributed by atoms with Crippen molar-refractivity contribution in [2.45, 2.75) is 39.2 Å². The Morgan fingerprint density at radius 3 is 2.06 bits per heavy atom. The van der Waals surface area contributed by atoms with Crippen molar-refractivity contribution < 1.29 is 28.6 Å². The smallest absolute Gasteiger partial charge is 0.343 e. The minimum absolute atomic E-state index is 0.0216. The van der Waals surface area contributed by atoms with Crippen molar-refractivity contribution >= 4 is 17.7 Å². The molecule has 0 unspecified atom stereocenters. The number of hydrazine groups is 1. The Morgan fingerprint density at radius 2 is 1.50 bits per heavy atom. The van der Waals surface area contributed by atoms with Crippen LogP contribution in [-0.2, 0) is 19.1 Å². The summed E-state index contributed by atoms with van der Waals surface area (Å²) in [5, 5.41) is 4.69. The van der Waals surface area contributed by atoms with E-state index in [1.807, 2.05) is 20.8 Å². The van der Waals surface area contributed by atoms with Crippen molar-refractivity contribution in [2.75, 3.05) is 59.5 Å². The van der Waals surface area contributed by atoms with Crippen molar-refractivity contribution in [3.8, 4) is 5.75 Å². The molecule has 0 N–H and O–H groups in total. The van der Waals surface area contributed by atoms with E-state index in [1.54, 1.807) is 24.3 Å². The maximum Gasteiger partial charge on any atom is 0.343 e. The highest BCUT2D eigenvalue weighted by molar-refractivity contribution is 5.97. The number of esters is 2. The lowest BCUT2D eigenvalue weighted by atomic mass is 9.97. The van der Waals surface area contributed by atoms with E-state index in [-0.39, 0.29) is 24.3 Å². The van der Waals surface area contributed by atoms with Gasteiger partial charge in [-0.1, -0.05) is 0 Å². The van der Waals surface area contributed by atoms with Crippen LogP contribution in [0.15, 0.2) is 24.3 Å². The Morgan fingerprint density at radius 1 is 0.912 bits per heavy atom. The average Bonchev–Trinajstić information content (AvgIpc) is 2.82. The molecule has 0 spiro atoms. The van der Waals surface area contributed by atoms with Gasteiger partial charge in [-0.05, 0) is 57.9 Å². The van der Waals surface area contributed by atoms with Gasteiger partial charge < -0.3 is 14.2 Å². The molecule has 1 aromatic rings. The Balaban J connectivity index is 1.38. The Labute approximate surface area is 201 Å². The van der Waals surface area contributed by atoms with Crippen molar-refractivity contribution in [3.05, 3.63) is 29.8 Å². The molecule has 0 radical (unpaired) electrons. The number of hydrogen-bond acceptors (Lipinski definition) is 9. The van der Waals surface area contributed by atoms with Crippen LogP contribution in [0.5, 0.6) is 5.75 Å². The van der Waals surface area contributed by atoms with Crippen molar-refractivity contribution in [3.63, 3.8) is 0 Å². The van der Waals surface area contributed by atoms with Gasteiger partial charge in [-0.15, -0.1) is 0 Å². The number of piperazine rings is 1. The fourth-order valence-electron chi connectivity index (χ4n) is 4.18. The third kappa shape index (κ3) is 7.78. The van der Waals surface area contributed by atoms with Crippen molar-refractivity contribution in [1.82, 2.24) is 14.9 Å². The van der Waals surface area contributed by atoms with Crippen molar-refractivity contribution in [2.24, 2.45) is 5.92 Å². The Kier molecular flexibility index (Phi) is 9.04. The fraction of sp³-hybridized carbons (Fsp3) is 0.640. The van der Waals surface area contributed by atoms with Crippen LogP contribution in [-0.4, -0.2) is 97.8 Å². The number of carbonyl (C=O) groups excluding carboxylic acids is 3. The van der Waals surface area contributed by atoms with Gasteiger partial charge in [0.25, 0.3) is 0 Å². The van der Waals surface area contributed by atoms with Gasteiger partial charge in [0.05, 0.1) is 19.6 Å². The summed E-state index contributed by atoms with van der Waals surface area (Å²) in [5.74, 6) is 0.0223. The highest BCUT2D eigenvalue weighted by Crippen LogP contribution is 2.23. The molecule has 9 heteroatoms. The first-order chi connectivity index (χ1) is 16.1. The summed E-state index contributed by atoms with van der Waals surface area (Å²) in [6.45, 7) is 11.0. The molecule has 0 aliphatic carbocycles. The second-order valence-corrected chi connectivity index (χ2v) is 9.80. The van der Waals surface area contributed by atoms with Crippen LogP contribution in [0.3, 0.4) is 0 Å². The lowest BCUT2D eigenvalue weighted by Crippen LogP contribution is -2.56. The van der Waals surface area contributed by atoms with Crippen LogP contribution >= 0.6 is 0 Å². The minimum atomic E-state index is -0.452. The molecular weight excluding hydrogens is 438 g/mol. The summed E-state index contributed by atoms with van der Waals surface area (Å²) < 4.78 is 15.4. The van der Waals surface area contributed by atoms with Crippen LogP contribution in [0.2, 0.25) is 0 Å². The standard InChI is InChI=1S/C25H37N3O6/c1-25(2,3)34-24(31)20-9-11-27(12-10-20)28-15-13-26(14-16-28)17-22(29)19-5-7-21(8-6-19)33-18-23(30)32-4/h5-8,20H,9-18H2,1-4H3. The number of nitrogens with zero attached hydrogens (tertiary/aromatic N) is 3. The number of methoxy groups -OCH3 is 1. The molecule has 0 bridgehead atoms. The van der Waals surface area contributed by atoms with Gasteiger partial charge in [0.1, 0.15) is 11.4 Å². The summed E-state index contributed by atoms with van der Waals surface area (Å²) in [4.78, 5) is 38.4. The lowest BCUT2D eigenvalue weighted by Gasteiger charge is -2.43. The SMILES string of the molecule is COC(=O)COc1ccc(C(=O)CN2CCN(N3CCC(C(=O)OC(C)(C)C)CC3)CC2)cc1. The lowest BCUT2D eigenvalue weighted by molar-refractivity contribution is -0.164. The first-order valence-corrected chi connectivity index (χ1v) is 11.9. The van der Waals surface area contributed by atoms with Gasteiger partial charge in [-0.3, -0.25) is 14.5 Å². The third-order valence-corrected chi connectivity index (χ3v) is 6.09. The number of carbonyl (C=O) groups is 3. The van der Waals surface area contributed by atoms with Gasteiger partial charge in [0, 0.05) is 44.8 Å². The first-order valence-electron chi connectivity index (χ1n) is 11.9. The molecule has 1 aromatic carbocycles. The number of hydrogen-bond donors (Lipinski definition) is 0. The van der Waals surface area contributed by atoms with Crippen LogP contribution in [0, 0.1) is 5.92 Å². The molecule has 2 aliphatic rings. The molecule has 2 fully saturated rings. The summed E-state index contributed by atoms with van der Waals surface area (Å²) in [7, 11) is 1.31. The highest BCUT2D eigenvalue weighted by Gasteiger charge is 2.32. The maximum absolute atomic E-state index is 12.7. The van der Waals surface area contributed by atoms with E-state index in [0.717, 1.165) is 52.1 Å². The topological polar surface area (TPSA) is 88.6 Å². The Bertz CT molecular complexity index is 835. The molecule has 0 atom stereocenters. The third-order valence-electron chi connectivity index (χ3n) is 6.09. The van der Waals surface area contributed by atoms with Crippen molar-refractivity contribution in [1.29, 1.82) is 0 Å². The van der Waals surface area contributed by atoms with E-state index < -0.39 is 11.6 Å². The minimum Gasteiger partial charge on any atom is -0.482 e. The summed E-state index contributed by atoms with van der Waals surface area (Å²) in [6.07, 6.45) is 1.62. The molecule has 188 valence electrons. The molecule has 2 aliphatic heterocycles. The highest BCUT2D eigenvalue weighted by atomic mass is 16.6. The molecule has 2 heterocycles. The van der Waals surface area contributed by atoms with E-state index in [2.05, 4.69) is 19.7 Å². The summed E-state index contributed by atoms with van der Waals surface area (Å²) in [6, 6.07) is 6.82. The summed E-state index contributed by atoms with van der Waals surface area (Å²) in [5.41, 5.74) is 0.180. The molecular formula is C25H37N3O6. The van der Waals surface area contributed by atoms with Crippen LogP contribution in [0.25, 0.3) is 0 Å². The van der Waals surface area contributed by atoms with Gasteiger partial charge in [0.2, 0.25) is 0 Å². The summed E-state index contributed by atoms with van der Waals surface area (Å²) >= 11 is 0. The van der Waals surface area contributed by atoms with Gasteiger partial charge >= 0.3 is 11.9 Å². The number of piperidine rings is 1. The zero-order chi connectivity index (χ0) is 24.7. The number of Topliss-reactive ketones (excluding diaryl/α,β-unsaturated/α-hetero) is 1. The first kappa shape index (κ1) is 26.1. The van der Waals surface area contributed by atoms with E-state index in [0.29, 0.717) is 17.9 Å². The zero-order valence-corrected chi connectivity index (χ0v) is 20.7. The zero-order valence-electron chi connectivity index (χ0n) is 20.7. The van der Waals surface area contributed by atoms with Gasteiger partial charge in [-0.25, -0.2) is 14.8 Å². The van der Waals surface area contributed by atoms with Crippen LogP contribution < -0.4 is 4.74 Å². The number of ketones is 1. The molecule has 3 rings (SSSR count). The number of rotatable bonds is 8. The maximum atomic E-state index is 12.7. The van der Waals surface area contributed by atoms with Crippen LogP contribution in [0.4, 0.5) is 0 Å². The predicted molar refractivity (Wildman–Crippen MR) is 126 cm³/mol. The molecule has 2 saturated heterocycles. The molecule has 9 nitrogen and oxygen atoms in total. The van der Waals surface area contributed by atoms with E-state index in [1.165, 1.54) is 7.11 Å². The average molecular weight is 476 g/mol. The monoisotopic (exact) mass is 475 g/mol. The van der Waals surface area contributed by atoms with Gasteiger partial charge in [0.15, 0.2) is 12.4 Å². The molecule has 34 heavy (non-hydrogen) atoms. The largest absolute Gasteiger partial charge is 0.482 e. The molecule has 0 amide bonds. The normalized spacial score (nSPS) is 18.9. The second-order valence-electron chi connectivity index (χ2n) is 9.80. The van der Waals surface area contributed by atoms with Gasteiger partial charge in [-0.2, -0.15) is 0 Å². The second kappa shape index (κ2) is 11.8. The molecule has 0 aromatic heterocycles. The predicted octanol–water partition coefficient (Wildman–Crippen LogP) is 2.01. The number of benzene rings is 1. The Hall–Kier alpha value is -2.49. The number of ether oxygens (including phenoxy) is 3.